The minimum absolute atomic E-state index is 0.106. The molecule has 0 aromatic rings. The zero-order chi connectivity index (χ0) is 63.6. The Balaban J connectivity index is 5.25. The molecule has 0 spiro atoms. The summed E-state index contributed by atoms with van der Waals surface area (Å²) >= 11 is 0. The molecule has 0 aliphatic rings. The number of ether oxygens (including phenoxy) is 4. The predicted molar refractivity (Wildman–Crippen MR) is 345 cm³/mol. The van der Waals surface area contributed by atoms with E-state index < -0.39 is 97.5 Å². The molecule has 510 valence electrons. The Morgan fingerprint density at radius 1 is 0.326 bits per heavy atom. The maximum Gasteiger partial charge on any atom is 0.472 e. The first-order chi connectivity index (χ1) is 41.4. The lowest BCUT2D eigenvalue weighted by molar-refractivity contribution is -0.161. The SMILES string of the molecule is CCCCCCCCCCCCC(=O)OC[C@H](COP(=O)(O)OC[C@H](O)COP(=O)(O)OC[C@@H](COC(=O)CCCCCCCCCCC(C)CC)OC(=O)CCCCCCCCCCCCC(C)CC)OC(=O)CCCCCCCCCCCC. The van der Waals surface area contributed by atoms with Crippen molar-refractivity contribution in [1.82, 2.24) is 0 Å². The Hall–Kier alpha value is -1.94. The number of aliphatic hydroxyl groups is 1. The van der Waals surface area contributed by atoms with Crippen molar-refractivity contribution in [3.8, 4) is 0 Å². The number of rotatable bonds is 66. The van der Waals surface area contributed by atoms with Gasteiger partial charge in [0.2, 0.25) is 0 Å². The molecule has 0 aliphatic carbocycles. The first-order valence-electron chi connectivity index (χ1n) is 35.1. The second kappa shape index (κ2) is 59.4. The average molecular weight is 1270 g/mol. The van der Waals surface area contributed by atoms with Gasteiger partial charge in [-0.15, -0.1) is 0 Å². The molecule has 17 nitrogen and oxygen atoms in total. The number of phosphoric ester groups is 2. The van der Waals surface area contributed by atoms with Gasteiger partial charge in [0.15, 0.2) is 12.2 Å². The highest BCUT2D eigenvalue weighted by molar-refractivity contribution is 7.47. The van der Waals surface area contributed by atoms with E-state index in [0.717, 1.165) is 102 Å². The Bertz CT molecular complexity index is 1690. The van der Waals surface area contributed by atoms with Gasteiger partial charge in [0.05, 0.1) is 26.4 Å². The van der Waals surface area contributed by atoms with E-state index in [-0.39, 0.29) is 25.7 Å². The quantitative estimate of drug-likeness (QED) is 0.0222. The number of phosphoric acid groups is 2. The van der Waals surface area contributed by atoms with Crippen LogP contribution in [-0.2, 0) is 65.4 Å². The lowest BCUT2D eigenvalue weighted by Gasteiger charge is -2.21. The number of hydrogen-bond donors (Lipinski definition) is 3. The van der Waals surface area contributed by atoms with Crippen LogP contribution in [0.5, 0.6) is 0 Å². The summed E-state index contributed by atoms with van der Waals surface area (Å²) in [4.78, 5) is 72.4. The predicted octanol–water partition coefficient (Wildman–Crippen LogP) is 18.8. The molecule has 0 rings (SSSR count). The molecule has 0 radical (unpaired) electrons. The molecule has 0 aromatic carbocycles. The largest absolute Gasteiger partial charge is 0.472 e. The highest BCUT2D eigenvalue weighted by Crippen LogP contribution is 2.45. The zero-order valence-electron chi connectivity index (χ0n) is 55.6. The van der Waals surface area contributed by atoms with Gasteiger partial charge in [0, 0.05) is 25.7 Å². The van der Waals surface area contributed by atoms with Crippen molar-refractivity contribution >= 4 is 39.5 Å². The summed E-state index contributed by atoms with van der Waals surface area (Å²) in [7, 11) is -9.89. The lowest BCUT2D eigenvalue weighted by atomic mass is 9.99. The standard InChI is InChI=1S/C67H130O17P2/c1-7-11-13-15-17-19-24-31-37-43-49-64(69)77-55-62(83-66(71)51-45-39-33-25-20-18-16-14-12-8-2)57-81-85(73,74)79-53-61(68)54-80-86(75,76)82-58-63(56-78-65(70)50-44-38-32-28-27-30-36-42-48-60(6)10-4)84-67(72)52-46-40-34-26-22-21-23-29-35-41-47-59(5)9-3/h59-63,68H,7-58H2,1-6H3,(H,73,74)(H,75,76)/t59?,60?,61-,62+,63+/m0/s1. The van der Waals surface area contributed by atoms with Gasteiger partial charge in [-0.05, 0) is 37.5 Å². The lowest BCUT2D eigenvalue weighted by Crippen LogP contribution is -2.30. The van der Waals surface area contributed by atoms with Crippen LogP contribution in [0.25, 0.3) is 0 Å². The van der Waals surface area contributed by atoms with E-state index in [9.17, 15) is 43.2 Å². The third kappa shape index (κ3) is 58.4. The number of unbranched alkanes of at least 4 members (excludes halogenated alkanes) is 34. The van der Waals surface area contributed by atoms with Gasteiger partial charge in [-0.2, -0.15) is 0 Å². The summed E-state index contributed by atoms with van der Waals surface area (Å²) in [5, 5.41) is 10.6. The molecule has 7 atom stereocenters. The molecular formula is C67H130O17P2. The molecule has 0 amide bonds. The molecule has 0 bridgehead atoms. The van der Waals surface area contributed by atoms with Crippen molar-refractivity contribution in [2.75, 3.05) is 39.6 Å². The second-order valence-electron chi connectivity index (χ2n) is 24.7. The van der Waals surface area contributed by atoms with E-state index in [1.54, 1.807) is 0 Å². The minimum Gasteiger partial charge on any atom is -0.462 e. The monoisotopic (exact) mass is 1270 g/mol. The Morgan fingerprint density at radius 2 is 0.558 bits per heavy atom. The van der Waals surface area contributed by atoms with Crippen LogP contribution in [0.4, 0.5) is 0 Å². The molecule has 0 fully saturated rings. The maximum atomic E-state index is 13.0. The van der Waals surface area contributed by atoms with Crippen molar-refractivity contribution in [3.63, 3.8) is 0 Å². The van der Waals surface area contributed by atoms with E-state index in [4.69, 9.17) is 37.0 Å². The van der Waals surface area contributed by atoms with Gasteiger partial charge in [-0.1, -0.05) is 286 Å². The Morgan fingerprint density at radius 3 is 0.826 bits per heavy atom. The molecule has 19 heteroatoms. The summed E-state index contributed by atoms with van der Waals surface area (Å²) in [6.45, 7) is 9.53. The molecule has 0 heterocycles. The van der Waals surface area contributed by atoms with Crippen LogP contribution in [0, 0.1) is 11.8 Å². The molecular weight excluding hydrogens is 1140 g/mol. The highest BCUT2D eigenvalue weighted by Gasteiger charge is 2.30. The summed E-state index contributed by atoms with van der Waals surface area (Å²) in [5.74, 6) is -0.548. The van der Waals surface area contributed by atoms with Gasteiger partial charge in [-0.25, -0.2) is 9.13 Å². The fourth-order valence-corrected chi connectivity index (χ4v) is 11.6. The van der Waals surface area contributed by atoms with E-state index >= 15 is 0 Å². The average Bonchev–Trinajstić information content (AvgIpc) is 3.61. The van der Waals surface area contributed by atoms with Crippen LogP contribution in [0.2, 0.25) is 0 Å². The normalized spacial score (nSPS) is 14.8. The summed E-state index contributed by atoms with van der Waals surface area (Å²) in [6.07, 6.45) is 42.8. The number of carbonyl (C=O) groups excluding carboxylic acids is 4. The third-order valence-electron chi connectivity index (χ3n) is 16.2. The fourth-order valence-electron chi connectivity index (χ4n) is 10.00. The van der Waals surface area contributed by atoms with E-state index in [1.807, 2.05) is 0 Å². The number of carbonyl (C=O) groups is 4. The first-order valence-corrected chi connectivity index (χ1v) is 38.1. The Labute approximate surface area is 524 Å². The highest BCUT2D eigenvalue weighted by atomic mass is 31.2. The van der Waals surface area contributed by atoms with E-state index in [2.05, 4.69) is 41.5 Å². The van der Waals surface area contributed by atoms with Crippen LogP contribution < -0.4 is 0 Å². The third-order valence-corrected chi connectivity index (χ3v) is 18.1. The van der Waals surface area contributed by atoms with Crippen LogP contribution in [-0.4, -0.2) is 96.7 Å². The molecule has 86 heavy (non-hydrogen) atoms. The number of aliphatic hydroxyl groups excluding tert-OH is 1. The minimum atomic E-state index is -4.95. The van der Waals surface area contributed by atoms with Crippen LogP contribution in [0.1, 0.15) is 337 Å². The topological polar surface area (TPSA) is 237 Å². The molecule has 3 N–H and O–H groups in total. The molecule has 0 saturated carbocycles. The summed E-state index contributed by atoms with van der Waals surface area (Å²) in [5.41, 5.74) is 0. The van der Waals surface area contributed by atoms with E-state index in [0.29, 0.717) is 25.7 Å². The first kappa shape index (κ1) is 84.1. The molecule has 4 unspecified atom stereocenters. The van der Waals surface area contributed by atoms with Gasteiger partial charge in [0.25, 0.3) is 0 Å². The van der Waals surface area contributed by atoms with Gasteiger partial charge < -0.3 is 33.8 Å². The van der Waals surface area contributed by atoms with Crippen molar-refractivity contribution in [3.05, 3.63) is 0 Å². The van der Waals surface area contributed by atoms with Crippen LogP contribution >= 0.6 is 15.6 Å². The molecule has 0 aliphatic heterocycles. The zero-order valence-corrected chi connectivity index (χ0v) is 57.4. The van der Waals surface area contributed by atoms with Gasteiger partial charge in [-0.3, -0.25) is 37.3 Å². The fraction of sp³-hybridized carbons (Fsp3) is 0.940. The maximum absolute atomic E-state index is 13.0. The van der Waals surface area contributed by atoms with Crippen molar-refractivity contribution in [1.29, 1.82) is 0 Å². The van der Waals surface area contributed by atoms with Crippen LogP contribution in [0.15, 0.2) is 0 Å². The number of hydrogen-bond acceptors (Lipinski definition) is 15. The smallest absolute Gasteiger partial charge is 0.462 e. The van der Waals surface area contributed by atoms with E-state index in [1.165, 1.54) is 154 Å². The van der Waals surface area contributed by atoms with Crippen molar-refractivity contribution in [2.45, 2.75) is 355 Å². The van der Waals surface area contributed by atoms with Crippen molar-refractivity contribution < 1.29 is 80.2 Å². The van der Waals surface area contributed by atoms with Gasteiger partial charge >= 0.3 is 39.5 Å². The van der Waals surface area contributed by atoms with Gasteiger partial charge in [0.1, 0.15) is 19.3 Å². The summed E-state index contributed by atoms with van der Waals surface area (Å²) in [6, 6.07) is 0. The van der Waals surface area contributed by atoms with Crippen molar-refractivity contribution in [2.24, 2.45) is 11.8 Å². The molecule has 0 aromatic heterocycles. The Kier molecular flexibility index (Phi) is 58.0. The summed E-state index contributed by atoms with van der Waals surface area (Å²) < 4.78 is 68.1. The second-order valence-corrected chi connectivity index (χ2v) is 27.6. The number of esters is 4. The van der Waals surface area contributed by atoms with Crippen LogP contribution in [0.3, 0.4) is 0 Å². The molecule has 0 saturated heterocycles.